The number of aliphatic carboxylic acids is 1. The van der Waals surface area contributed by atoms with Gasteiger partial charge in [-0.15, -0.1) is 5.10 Å². The highest BCUT2D eigenvalue weighted by Gasteiger charge is 2.16. The van der Waals surface area contributed by atoms with Crippen LogP contribution in [-0.2, 0) is 17.8 Å². The topological polar surface area (TPSA) is 83.8 Å². The standard InChI is InChI=1S/C23H21FN4O2S/c1-2-7-21-25-23(27-26-21)31-20(22(29)30)12-16-14-28(19-11-6-4-9-17(16)19)13-15-8-3-5-10-18(15)24/h3-6,8-12,14H,2,7,13H2,1H3,(H,29,30)(H,25,26,27)/b20-12-. The highest BCUT2D eigenvalue weighted by atomic mass is 32.2. The van der Waals surface area contributed by atoms with E-state index in [1.54, 1.807) is 24.3 Å². The number of carboxylic acid groups (broad SMARTS) is 1. The first-order chi connectivity index (χ1) is 15.0. The van der Waals surface area contributed by atoms with E-state index >= 15 is 0 Å². The highest BCUT2D eigenvalue weighted by molar-refractivity contribution is 8.04. The third-order valence-electron chi connectivity index (χ3n) is 4.81. The quantitative estimate of drug-likeness (QED) is 0.296. The maximum absolute atomic E-state index is 14.2. The van der Waals surface area contributed by atoms with E-state index in [1.165, 1.54) is 6.07 Å². The van der Waals surface area contributed by atoms with Gasteiger partial charge in [0.2, 0.25) is 5.16 Å². The van der Waals surface area contributed by atoms with Crippen LogP contribution in [0.5, 0.6) is 0 Å². The summed E-state index contributed by atoms with van der Waals surface area (Å²) < 4.78 is 16.1. The SMILES string of the molecule is CCCc1nc(S/C(=C\c2cn(Cc3ccccc3F)c3ccccc23)C(=O)O)n[nH]1. The van der Waals surface area contributed by atoms with Crippen LogP contribution in [0.25, 0.3) is 17.0 Å². The Morgan fingerprint density at radius 2 is 2.00 bits per heavy atom. The normalized spacial score (nSPS) is 11.9. The first-order valence-electron chi connectivity index (χ1n) is 9.90. The maximum Gasteiger partial charge on any atom is 0.342 e. The Hall–Kier alpha value is -3.39. The number of para-hydroxylation sites is 1. The highest BCUT2D eigenvalue weighted by Crippen LogP contribution is 2.30. The second kappa shape index (κ2) is 9.18. The molecule has 0 aliphatic carbocycles. The Balaban J connectivity index is 1.70. The fourth-order valence-electron chi connectivity index (χ4n) is 3.38. The molecule has 0 aliphatic rings. The maximum atomic E-state index is 14.2. The van der Waals surface area contributed by atoms with Gasteiger partial charge >= 0.3 is 5.97 Å². The number of aryl methyl sites for hydroxylation is 1. The number of aromatic nitrogens is 4. The molecular weight excluding hydrogens is 415 g/mol. The molecule has 0 saturated heterocycles. The summed E-state index contributed by atoms with van der Waals surface area (Å²) in [6.45, 7) is 2.38. The van der Waals surface area contributed by atoms with Crippen molar-refractivity contribution in [1.82, 2.24) is 19.7 Å². The van der Waals surface area contributed by atoms with Crippen molar-refractivity contribution in [1.29, 1.82) is 0 Å². The van der Waals surface area contributed by atoms with Gasteiger partial charge in [0.15, 0.2) is 0 Å². The number of hydrogen-bond donors (Lipinski definition) is 2. The minimum absolute atomic E-state index is 0.107. The number of nitrogens with one attached hydrogen (secondary N) is 1. The molecule has 4 aromatic rings. The van der Waals surface area contributed by atoms with Gasteiger partial charge in [-0.05, 0) is 36.4 Å². The summed E-state index contributed by atoms with van der Waals surface area (Å²) >= 11 is 1.00. The number of carboxylic acids is 1. The van der Waals surface area contributed by atoms with E-state index in [-0.39, 0.29) is 10.7 Å². The van der Waals surface area contributed by atoms with Crippen LogP contribution >= 0.6 is 11.8 Å². The minimum atomic E-state index is -1.06. The van der Waals surface area contributed by atoms with Gasteiger partial charge in [-0.3, -0.25) is 5.10 Å². The van der Waals surface area contributed by atoms with Gasteiger partial charge in [0.25, 0.3) is 0 Å². The van der Waals surface area contributed by atoms with E-state index in [4.69, 9.17) is 0 Å². The Morgan fingerprint density at radius 1 is 1.23 bits per heavy atom. The van der Waals surface area contributed by atoms with Crippen LogP contribution in [0.15, 0.2) is 64.8 Å². The number of carbonyl (C=O) groups is 1. The van der Waals surface area contributed by atoms with E-state index in [2.05, 4.69) is 15.2 Å². The second-order valence-corrected chi connectivity index (χ2v) is 8.06. The third kappa shape index (κ3) is 4.69. The molecule has 158 valence electrons. The summed E-state index contributed by atoms with van der Waals surface area (Å²) in [6.07, 6.45) is 5.13. The lowest BCUT2D eigenvalue weighted by atomic mass is 10.1. The zero-order chi connectivity index (χ0) is 21.8. The fraction of sp³-hybridized carbons (Fsp3) is 0.174. The van der Waals surface area contributed by atoms with Crippen LogP contribution in [-0.4, -0.2) is 30.8 Å². The molecule has 0 spiro atoms. The van der Waals surface area contributed by atoms with Gasteiger partial charge in [-0.1, -0.05) is 43.3 Å². The molecular formula is C23H21FN4O2S. The number of rotatable bonds is 8. The average Bonchev–Trinajstić information content (AvgIpc) is 3.34. The van der Waals surface area contributed by atoms with Crippen molar-refractivity contribution in [3.8, 4) is 0 Å². The molecule has 4 rings (SSSR count). The van der Waals surface area contributed by atoms with Crippen molar-refractivity contribution in [3.63, 3.8) is 0 Å². The average molecular weight is 437 g/mol. The molecule has 31 heavy (non-hydrogen) atoms. The van der Waals surface area contributed by atoms with Crippen molar-refractivity contribution in [2.24, 2.45) is 0 Å². The summed E-state index contributed by atoms with van der Waals surface area (Å²) in [7, 11) is 0. The smallest absolute Gasteiger partial charge is 0.342 e. The molecule has 8 heteroatoms. The van der Waals surface area contributed by atoms with Crippen LogP contribution < -0.4 is 0 Å². The fourth-order valence-corrected chi connectivity index (χ4v) is 4.09. The lowest BCUT2D eigenvalue weighted by molar-refractivity contribution is -0.131. The molecule has 0 fully saturated rings. The van der Waals surface area contributed by atoms with E-state index in [9.17, 15) is 14.3 Å². The van der Waals surface area contributed by atoms with Gasteiger partial charge in [0.05, 0.1) is 6.54 Å². The number of fused-ring (bicyclic) bond motifs is 1. The first kappa shape index (κ1) is 20.9. The van der Waals surface area contributed by atoms with Gasteiger partial charge < -0.3 is 9.67 Å². The molecule has 0 atom stereocenters. The third-order valence-corrected chi connectivity index (χ3v) is 5.69. The van der Waals surface area contributed by atoms with Crippen LogP contribution in [0.1, 0.15) is 30.3 Å². The number of nitrogens with zero attached hydrogens (tertiary/aromatic N) is 3. The molecule has 2 heterocycles. The van der Waals surface area contributed by atoms with Crippen LogP contribution in [0.2, 0.25) is 0 Å². The largest absolute Gasteiger partial charge is 0.477 e. The van der Waals surface area contributed by atoms with Crippen molar-refractivity contribution < 1.29 is 14.3 Å². The Kier molecular flexibility index (Phi) is 6.18. The van der Waals surface area contributed by atoms with E-state index in [0.29, 0.717) is 17.3 Å². The summed E-state index contributed by atoms with van der Waals surface area (Å²) in [5.41, 5.74) is 2.20. The summed E-state index contributed by atoms with van der Waals surface area (Å²) in [5, 5.41) is 17.9. The minimum Gasteiger partial charge on any atom is -0.477 e. The van der Waals surface area contributed by atoms with Gasteiger partial charge in [-0.2, -0.15) is 0 Å². The number of hydrogen-bond acceptors (Lipinski definition) is 4. The number of benzene rings is 2. The zero-order valence-corrected chi connectivity index (χ0v) is 17.7. The van der Waals surface area contributed by atoms with Crippen molar-refractivity contribution >= 4 is 34.7 Å². The second-order valence-electron chi connectivity index (χ2n) is 7.05. The zero-order valence-electron chi connectivity index (χ0n) is 16.9. The van der Waals surface area contributed by atoms with Gasteiger partial charge in [-0.25, -0.2) is 14.2 Å². The van der Waals surface area contributed by atoms with Crippen LogP contribution in [0.4, 0.5) is 4.39 Å². The molecule has 0 aliphatic heterocycles. The molecule has 0 bridgehead atoms. The summed E-state index contributed by atoms with van der Waals surface area (Å²) in [6, 6.07) is 14.3. The Labute approximate surface area is 182 Å². The predicted octanol–water partition coefficient (Wildman–Crippen LogP) is 5.12. The monoisotopic (exact) mass is 436 g/mol. The lowest BCUT2D eigenvalue weighted by Gasteiger charge is -2.06. The lowest BCUT2D eigenvalue weighted by Crippen LogP contribution is -2.00. The molecule has 0 unspecified atom stereocenters. The molecule has 2 aromatic carbocycles. The van der Waals surface area contributed by atoms with Crippen molar-refractivity contribution in [3.05, 3.63) is 82.4 Å². The number of halogens is 1. The van der Waals surface area contributed by atoms with Crippen LogP contribution in [0.3, 0.4) is 0 Å². The van der Waals surface area contributed by atoms with Crippen LogP contribution in [0, 0.1) is 5.82 Å². The first-order valence-corrected chi connectivity index (χ1v) is 10.7. The number of aromatic amines is 1. The van der Waals surface area contributed by atoms with Crippen molar-refractivity contribution in [2.45, 2.75) is 31.5 Å². The van der Waals surface area contributed by atoms with E-state index in [0.717, 1.165) is 46.9 Å². The molecule has 2 N–H and O–H groups in total. The van der Waals surface area contributed by atoms with Crippen molar-refractivity contribution in [2.75, 3.05) is 0 Å². The molecule has 2 aromatic heterocycles. The summed E-state index contributed by atoms with van der Waals surface area (Å²) in [4.78, 5) is 16.4. The predicted molar refractivity (Wildman–Crippen MR) is 119 cm³/mol. The molecule has 0 amide bonds. The van der Waals surface area contributed by atoms with E-state index in [1.807, 2.05) is 42.0 Å². The molecule has 0 radical (unpaired) electrons. The Bertz CT molecular complexity index is 1260. The number of H-pyrrole nitrogens is 1. The van der Waals surface area contributed by atoms with Gasteiger partial charge in [0.1, 0.15) is 16.5 Å². The van der Waals surface area contributed by atoms with E-state index < -0.39 is 5.97 Å². The molecule has 6 nitrogen and oxygen atoms in total. The Morgan fingerprint density at radius 3 is 2.77 bits per heavy atom. The summed E-state index contributed by atoms with van der Waals surface area (Å²) in [5.74, 6) is -0.597. The number of thioether (sulfide) groups is 1. The molecule has 0 saturated carbocycles. The van der Waals surface area contributed by atoms with Gasteiger partial charge in [0, 0.05) is 34.6 Å².